The summed E-state index contributed by atoms with van der Waals surface area (Å²) in [6, 6.07) is 6.38. The highest BCUT2D eigenvalue weighted by Crippen LogP contribution is 2.33. The lowest BCUT2D eigenvalue weighted by Crippen LogP contribution is -2.26. The molecule has 0 saturated carbocycles. The molecule has 0 bridgehead atoms. The van der Waals surface area contributed by atoms with Gasteiger partial charge in [0.05, 0.1) is 0 Å². The highest BCUT2D eigenvalue weighted by atomic mass is 16.5. The Hall–Kier alpha value is -1.55. The van der Waals surface area contributed by atoms with Crippen LogP contribution in [0.4, 0.5) is 0 Å². The van der Waals surface area contributed by atoms with Gasteiger partial charge in [0.2, 0.25) is 0 Å². The molecule has 0 saturated heterocycles. The van der Waals surface area contributed by atoms with E-state index in [1.807, 2.05) is 19.1 Å². The van der Waals surface area contributed by atoms with Crippen molar-refractivity contribution < 1.29 is 14.6 Å². The van der Waals surface area contributed by atoms with Crippen molar-refractivity contribution in [2.75, 3.05) is 6.54 Å². The van der Waals surface area contributed by atoms with Gasteiger partial charge in [0.1, 0.15) is 5.75 Å². The van der Waals surface area contributed by atoms with Crippen LogP contribution in [0.2, 0.25) is 0 Å². The monoisotopic (exact) mass is 277 g/mol. The highest BCUT2D eigenvalue weighted by molar-refractivity contribution is 5.72. The Morgan fingerprint density at radius 2 is 2.30 bits per heavy atom. The molecular formula is C16H23NO3. The zero-order valence-corrected chi connectivity index (χ0v) is 12.2. The Morgan fingerprint density at radius 1 is 1.50 bits per heavy atom. The normalized spacial score (nSPS) is 18.6. The van der Waals surface area contributed by atoms with E-state index in [1.165, 1.54) is 11.1 Å². The standard InChI is InChI=1S/C16H23NO3/c1-3-9-17-14-8-5-11-10-12(6-7-13(11)14)20-15(4-2)16(18)19/h6-7,10,14-15,17H,3-5,8-9H2,1-2H3,(H,18,19). The van der Waals surface area contributed by atoms with E-state index in [0.29, 0.717) is 18.2 Å². The lowest BCUT2D eigenvalue weighted by atomic mass is 10.1. The molecule has 1 aliphatic carbocycles. The van der Waals surface area contributed by atoms with Gasteiger partial charge in [-0.1, -0.05) is 19.9 Å². The lowest BCUT2D eigenvalue weighted by molar-refractivity contribution is -0.145. The Bertz CT molecular complexity index is 473. The summed E-state index contributed by atoms with van der Waals surface area (Å²) in [6.07, 6.45) is 2.97. The van der Waals surface area contributed by atoms with Crippen molar-refractivity contribution in [2.45, 2.75) is 51.7 Å². The van der Waals surface area contributed by atoms with E-state index in [1.54, 1.807) is 0 Å². The second-order valence-electron chi connectivity index (χ2n) is 5.26. The highest BCUT2D eigenvalue weighted by Gasteiger charge is 2.23. The zero-order valence-electron chi connectivity index (χ0n) is 12.2. The summed E-state index contributed by atoms with van der Waals surface area (Å²) in [5.41, 5.74) is 2.60. The van der Waals surface area contributed by atoms with E-state index in [0.717, 1.165) is 25.8 Å². The summed E-state index contributed by atoms with van der Waals surface area (Å²) in [5, 5.41) is 12.6. The number of benzene rings is 1. The molecule has 0 amide bonds. The minimum Gasteiger partial charge on any atom is -0.479 e. The van der Waals surface area contributed by atoms with E-state index in [4.69, 9.17) is 9.84 Å². The van der Waals surface area contributed by atoms with Gasteiger partial charge in [0.15, 0.2) is 6.10 Å². The molecule has 1 aromatic rings. The average Bonchev–Trinajstić information content (AvgIpc) is 2.84. The van der Waals surface area contributed by atoms with Crippen LogP contribution in [0.3, 0.4) is 0 Å². The Balaban J connectivity index is 2.07. The number of aryl methyl sites for hydroxylation is 1. The van der Waals surface area contributed by atoms with Crippen LogP contribution in [-0.4, -0.2) is 23.7 Å². The van der Waals surface area contributed by atoms with Gasteiger partial charge < -0.3 is 15.2 Å². The molecule has 0 spiro atoms. The molecule has 1 aliphatic rings. The first-order valence-corrected chi connectivity index (χ1v) is 7.41. The number of carboxylic acid groups (broad SMARTS) is 1. The average molecular weight is 277 g/mol. The minimum absolute atomic E-state index is 0.431. The van der Waals surface area contributed by atoms with Crippen LogP contribution in [0.25, 0.3) is 0 Å². The minimum atomic E-state index is -0.907. The second-order valence-corrected chi connectivity index (χ2v) is 5.26. The number of nitrogens with one attached hydrogen (secondary N) is 1. The first-order valence-electron chi connectivity index (χ1n) is 7.41. The van der Waals surface area contributed by atoms with Crippen molar-refractivity contribution in [1.82, 2.24) is 5.32 Å². The number of aliphatic carboxylic acids is 1. The molecule has 4 nitrogen and oxygen atoms in total. The van der Waals surface area contributed by atoms with Crippen LogP contribution in [0.15, 0.2) is 18.2 Å². The fraction of sp³-hybridized carbons (Fsp3) is 0.562. The van der Waals surface area contributed by atoms with Crippen LogP contribution in [0.5, 0.6) is 5.75 Å². The van der Waals surface area contributed by atoms with Gasteiger partial charge >= 0.3 is 5.97 Å². The Morgan fingerprint density at radius 3 is 2.95 bits per heavy atom. The zero-order chi connectivity index (χ0) is 14.5. The first-order chi connectivity index (χ1) is 9.65. The fourth-order valence-electron chi connectivity index (χ4n) is 2.67. The smallest absolute Gasteiger partial charge is 0.344 e. The van der Waals surface area contributed by atoms with E-state index >= 15 is 0 Å². The third kappa shape index (κ3) is 3.31. The summed E-state index contributed by atoms with van der Waals surface area (Å²) in [4.78, 5) is 11.0. The van der Waals surface area contributed by atoms with Gasteiger partial charge in [0.25, 0.3) is 0 Å². The molecule has 2 N–H and O–H groups in total. The summed E-state index contributed by atoms with van der Waals surface area (Å²) in [6.45, 7) is 5.01. The molecule has 2 unspecified atom stereocenters. The van der Waals surface area contributed by atoms with Crippen LogP contribution in [0, 0.1) is 0 Å². The molecule has 0 radical (unpaired) electrons. The van der Waals surface area contributed by atoms with Gasteiger partial charge in [-0.2, -0.15) is 0 Å². The molecule has 1 aromatic carbocycles. The lowest BCUT2D eigenvalue weighted by Gasteiger charge is -2.16. The van der Waals surface area contributed by atoms with Crippen LogP contribution in [-0.2, 0) is 11.2 Å². The van der Waals surface area contributed by atoms with Crippen molar-refractivity contribution in [2.24, 2.45) is 0 Å². The van der Waals surface area contributed by atoms with E-state index in [2.05, 4.69) is 18.3 Å². The number of ether oxygens (including phenoxy) is 1. The van der Waals surface area contributed by atoms with Gasteiger partial charge in [-0.15, -0.1) is 0 Å². The van der Waals surface area contributed by atoms with Gasteiger partial charge in [0, 0.05) is 6.04 Å². The molecule has 0 heterocycles. The predicted molar refractivity (Wildman–Crippen MR) is 78.1 cm³/mol. The van der Waals surface area contributed by atoms with Crippen LogP contribution < -0.4 is 10.1 Å². The van der Waals surface area contributed by atoms with Crippen LogP contribution in [0.1, 0.15) is 50.3 Å². The second kappa shape index (κ2) is 6.75. The topological polar surface area (TPSA) is 58.6 Å². The maximum absolute atomic E-state index is 11.0. The van der Waals surface area contributed by atoms with Crippen LogP contribution >= 0.6 is 0 Å². The van der Waals surface area contributed by atoms with E-state index in [9.17, 15) is 4.79 Å². The number of fused-ring (bicyclic) bond motifs is 1. The molecule has 2 atom stereocenters. The summed E-state index contributed by atoms with van der Waals surface area (Å²) in [5.74, 6) is -0.246. The third-order valence-corrected chi connectivity index (χ3v) is 3.76. The van der Waals surface area contributed by atoms with Crippen molar-refractivity contribution in [1.29, 1.82) is 0 Å². The van der Waals surface area contributed by atoms with Gasteiger partial charge in [-0.05, 0) is 55.5 Å². The number of hydrogen-bond donors (Lipinski definition) is 2. The maximum atomic E-state index is 11.0. The van der Waals surface area contributed by atoms with Crippen molar-refractivity contribution in [3.8, 4) is 5.75 Å². The molecule has 0 aliphatic heterocycles. The number of hydrogen-bond acceptors (Lipinski definition) is 3. The number of rotatable bonds is 7. The van der Waals surface area contributed by atoms with Crippen molar-refractivity contribution in [3.05, 3.63) is 29.3 Å². The molecule has 20 heavy (non-hydrogen) atoms. The molecule has 110 valence electrons. The fourth-order valence-corrected chi connectivity index (χ4v) is 2.67. The molecule has 0 fully saturated rings. The van der Waals surface area contributed by atoms with Gasteiger partial charge in [-0.25, -0.2) is 4.79 Å². The molecule has 0 aromatic heterocycles. The number of carbonyl (C=O) groups is 1. The van der Waals surface area contributed by atoms with E-state index < -0.39 is 12.1 Å². The maximum Gasteiger partial charge on any atom is 0.344 e. The SMILES string of the molecule is CCCNC1CCc2cc(OC(CC)C(=O)O)ccc21. The first kappa shape index (κ1) is 14.9. The number of carboxylic acids is 1. The largest absolute Gasteiger partial charge is 0.479 e. The Labute approximate surface area is 120 Å². The van der Waals surface area contributed by atoms with Gasteiger partial charge in [-0.3, -0.25) is 0 Å². The summed E-state index contributed by atoms with van der Waals surface area (Å²) in [7, 11) is 0. The van der Waals surface area contributed by atoms with E-state index in [-0.39, 0.29) is 0 Å². The Kier molecular flexibility index (Phi) is 5.01. The quantitative estimate of drug-likeness (QED) is 0.804. The predicted octanol–water partition coefficient (Wildman–Crippen LogP) is 2.92. The van der Waals surface area contributed by atoms with Crippen molar-refractivity contribution in [3.63, 3.8) is 0 Å². The molecule has 4 heteroatoms. The summed E-state index contributed by atoms with van der Waals surface area (Å²) < 4.78 is 5.55. The van der Waals surface area contributed by atoms with Crippen molar-refractivity contribution >= 4 is 5.97 Å². The molecule has 2 rings (SSSR count). The molecular weight excluding hydrogens is 254 g/mol. The third-order valence-electron chi connectivity index (χ3n) is 3.76. The summed E-state index contributed by atoms with van der Waals surface area (Å²) >= 11 is 0.